The molecule has 0 amide bonds. The Morgan fingerprint density at radius 1 is 1.18 bits per heavy atom. The molecule has 0 spiro atoms. The van der Waals surface area contributed by atoms with Crippen LogP contribution in [0.2, 0.25) is 0 Å². The lowest BCUT2D eigenvalue weighted by molar-refractivity contribution is 0.325. The molecule has 0 radical (unpaired) electrons. The Morgan fingerprint density at radius 3 is 2.86 bits per heavy atom. The Bertz CT molecular complexity index is 1020. The number of likely N-dealkylation sites (tertiary alicyclic amines) is 1. The minimum absolute atomic E-state index is 0.471. The fourth-order valence-electron chi connectivity index (χ4n) is 4.98. The molecule has 4 nitrogen and oxygen atoms in total. The van der Waals surface area contributed by atoms with Gasteiger partial charge in [0, 0.05) is 47.9 Å². The number of rotatable bonds is 4. The van der Waals surface area contributed by atoms with Crippen molar-refractivity contribution in [3.63, 3.8) is 0 Å². The van der Waals surface area contributed by atoms with E-state index in [1.54, 1.807) is 7.11 Å². The standard InChI is InChI=1S/C24H27N3O/c1-16-19-10-12-25-24(19)23-20(26-16)8-9-21(28-2)22(23)18-11-13-27(15-18)14-17-6-4-3-5-7-17/h3-9,18,25H,10-15H2,1-2H3. The average Bonchev–Trinajstić information content (AvgIpc) is 3.38. The summed E-state index contributed by atoms with van der Waals surface area (Å²) in [6.07, 6.45) is 2.22. The summed E-state index contributed by atoms with van der Waals surface area (Å²) < 4.78 is 5.84. The first kappa shape index (κ1) is 17.5. The molecule has 28 heavy (non-hydrogen) atoms. The Morgan fingerprint density at radius 2 is 2.04 bits per heavy atom. The van der Waals surface area contributed by atoms with Crippen molar-refractivity contribution in [2.75, 3.05) is 32.1 Å². The highest BCUT2D eigenvalue weighted by atomic mass is 16.5. The number of aromatic nitrogens is 1. The monoisotopic (exact) mass is 373 g/mol. The predicted octanol–water partition coefficient (Wildman–Crippen LogP) is 4.51. The van der Waals surface area contributed by atoms with E-state index in [9.17, 15) is 0 Å². The Hall–Kier alpha value is -2.59. The van der Waals surface area contributed by atoms with Crippen molar-refractivity contribution in [3.05, 3.63) is 64.8 Å². The summed E-state index contributed by atoms with van der Waals surface area (Å²) in [5.74, 6) is 1.47. The third-order valence-electron chi connectivity index (χ3n) is 6.29. The molecule has 2 aliphatic heterocycles. The molecule has 2 aromatic carbocycles. The Balaban J connectivity index is 1.54. The summed E-state index contributed by atoms with van der Waals surface area (Å²) in [5.41, 5.74) is 7.63. The number of aryl methyl sites for hydroxylation is 1. The van der Waals surface area contributed by atoms with Gasteiger partial charge in [-0.15, -0.1) is 0 Å². The number of ether oxygens (including phenoxy) is 1. The summed E-state index contributed by atoms with van der Waals surface area (Å²) in [6.45, 7) is 6.32. The quantitative estimate of drug-likeness (QED) is 0.730. The van der Waals surface area contributed by atoms with Gasteiger partial charge in [-0.25, -0.2) is 0 Å². The Labute approximate surface area is 166 Å². The molecule has 4 heteroatoms. The first-order chi connectivity index (χ1) is 13.7. The van der Waals surface area contributed by atoms with E-state index in [2.05, 4.69) is 59.6 Å². The van der Waals surface area contributed by atoms with Crippen LogP contribution >= 0.6 is 0 Å². The van der Waals surface area contributed by atoms with E-state index in [0.29, 0.717) is 5.92 Å². The lowest BCUT2D eigenvalue weighted by atomic mass is 9.91. The molecule has 1 fully saturated rings. The topological polar surface area (TPSA) is 37.4 Å². The molecule has 1 saturated heterocycles. The number of nitrogens with zero attached hydrogens (tertiary/aromatic N) is 2. The maximum absolute atomic E-state index is 5.84. The van der Waals surface area contributed by atoms with E-state index in [-0.39, 0.29) is 0 Å². The average molecular weight is 374 g/mol. The molecule has 2 aliphatic rings. The van der Waals surface area contributed by atoms with E-state index >= 15 is 0 Å². The third-order valence-corrected chi connectivity index (χ3v) is 6.29. The fraction of sp³-hybridized carbons (Fsp3) is 0.375. The van der Waals surface area contributed by atoms with Gasteiger partial charge in [0.2, 0.25) is 0 Å². The molecule has 0 bridgehead atoms. The minimum Gasteiger partial charge on any atom is -0.496 e. The number of hydrogen-bond acceptors (Lipinski definition) is 4. The fourth-order valence-corrected chi connectivity index (χ4v) is 4.98. The van der Waals surface area contributed by atoms with E-state index in [1.165, 1.54) is 27.8 Å². The van der Waals surface area contributed by atoms with Gasteiger partial charge in [0.05, 0.1) is 12.6 Å². The molecule has 1 unspecified atom stereocenters. The van der Waals surface area contributed by atoms with Crippen molar-refractivity contribution in [1.29, 1.82) is 0 Å². The molecule has 3 heterocycles. The normalized spacial score (nSPS) is 19.0. The first-order valence-corrected chi connectivity index (χ1v) is 10.2. The Kier molecular flexibility index (Phi) is 4.44. The van der Waals surface area contributed by atoms with Gasteiger partial charge in [-0.1, -0.05) is 30.3 Å². The van der Waals surface area contributed by atoms with Crippen LogP contribution < -0.4 is 10.1 Å². The van der Waals surface area contributed by atoms with Crippen LogP contribution in [0.4, 0.5) is 5.69 Å². The highest BCUT2D eigenvalue weighted by molar-refractivity contribution is 5.99. The van der Waals surface area contributed by atoms with E-state index in [4.69, 9.17) is 9.72 Å². The van der Waals surface area contributed by atoms with Crippen LogP contribution in [0.15, 0.2) is 42.5 Å². The second kappa shape index (κ2) is 7.10. The lowest BCUT2D eigenvalue weighted by Crippen LogP contribution is -2.20. The summed E-state index contributed by atoms with van der Waals surface area (Å²) in [6, 6.07) is 15.0. The van der Waals surface area contributed by atoms with Crippen LogP contribution in [0.25, 0.3) is 10.9 Å². The number of hydrogen-bond donors (Lipinski definition) is 1. The molecule has 0 aliphatic carbocycles. The second-order valence-corrected chi connectivity index (χ2v) is 8.01. The maximum Gasteiger partial charge on any atom is 0.123 e. The summed E-state index contributed by atoms with van der Waals surface area (Å²) in [5, 5.41) is 4.92. The highest BCUT2D eigenvalue weighted by Gasteiger charge is 2.30. The molecule has 144 valence electrons. The SMILES string of the molecule is COc1ccc2nc(C)c3c(c2c1C1CCN(Cc2ccccc2)C1)NCC3. The van der Waals surface area contributed by atoms with Gasteiger partial charge in [-0.3, -0.25) is 9.88 Å². The van der Waals surface area contributed by atoms with Gasteiger partial charge in [0.1, 0.15) is 5.75 Å². The summed E-state index contributed by atoms with van der Waals surface area (Å²) in [7, 11) is 1.79. The van der Waals surface area contributed by atoms with Crippen LogP contribution in [-0.4, -0.2) is 36.6 Å². The summed E-state index contributed by atoms with van der Waals surface area (Å²) >= 11 is 0. The predicted molar refractivity (Wildman–Crippen MR) is 114 cm³/mol. The zero-order valence-corrected chi connectivity index (χ0v) is 16.7. The summed E-state index contributed by atoms with van der Waals surface area (Å²) in [4.78, 5) is 7.50. The number of methoxy groups -OCH3 is 1. The largest absolute Gasteiger partial charge is 0.496 e. The van der Waals surface area contributed by atoms with Crippen LogP contribution in [0.5, 0.6) is 5.75 Å². The second-order valence-electron chi connectivity index (χ2n) is 8.01. The van der Waals surface area contributed by atoms with Crippen molar-refractivity contribution in [3.8, 4) is 5.75 Å². The van der Waals surface area contributed by atoms with Gasteiger partial charge in [-0.2, -0.15) is 0 Å². The van der Waals surface area contributed by atoms with Crippen molar-refractivity contribution in [2.24, 2.45) is 0 Å². The number of fused-ring (bicyclic) bond motifs is 3. The van der Waals surface area contributed by atoms with Crippen LogP contribution in [0.3, 0.4) is 0 Å². The van der Waals surface area contributed by atoms with Gasteiger partial charge in [-0.05, 0) is 49.6 Å². The molecule has 5 rings (SSSR count). The molecule has 0 saturated carbocycles. The molecule has 3 aromatic rings. The van der Waals surface area contributed by atoms with Crippen molar-refractivity contribution >= 4 is 16.6 Å². The number of benzene rings is 2. The zero-order chi connectivity index (χ0) is 19.1. The number of nitrogens with one attached hydrogen (secondary N) is 1. The van der Waals surface area contributed by atoms with Crippen molar-refractivity contribution in [2.45, 2.75) is 32.2 Å². The maximum atomic E-state index is 5.84. The van der Waals surface area contributed by atoms with E-state index in [1.807, 2.05) is 0 Å². The molecule has 1 N–H and O–H groups in total. The van der Waals surface area contributed by atoms with Gasteiger partial charge in [0.25, 0.3) is 0 Å². The van der Waals surface area contributed by atoms with Crippen LogP contribution in [0, 0.1) is 6.92 Å². The van der Waals surface area contributed by atoms with E-state index < -0.39 is 0 Å². The lowest BCUT2D eigenvalue weighted by Gasteiger charge is -2.21. The van der Waals surface area contributed by atoms with Gasteiger partial charge >= 0.3 is 0 Å². The minimum atomic E-state index is 0.471. The molecule has 1 atom stereocenters. The third kappa shape index (κ3) is 2.92. The highest BCUT2D eigenvalue weighted by Crippen LogP contribution is 2.44. The molecular formula is C24H27N3O. The number of pyridine rings is 1. The number of anilines is 1. The van der Waals surface area contributed by atoms with Gasteiger partial charge in [0.15, 0.2) is 0 Å². The van der Waals surface area contributed by atoms with Crippen LogP contribution in [-0.2, 0) is 13.0 Å². The van der Waals surface area contributed by atoms with Crippen LogP contribution in [0.1, 0.15) is 34.7 Å². The van der Waals surface area contributed by atoms with Crippen molar-refractivity contribution in [1.82, 2.24) is 9.88 Å². The van der Waals surface area contributed by atoms with Crippen molar-refractivity contribution < 1.29 is 4.74 Å². The zero-order valence-electron chi connectivity index (χ0n) is 16.7. The first-order valence-electron chi connectivity index (χ1n) is 10.2. The molecular weight excluding hydrogens is 346 g/mol. The van der Waals surface area contributed by atoms with Gasteiger partial charge < -0.3 is 10.1 Å². The molecule has 1 aromatic heterocycles. The smallest absolute Gasteiger partial charge is 0.123 e. The van der Waals surface area contributed by atoms with E-state index in [0.717, 1.165) is 56.0 Å².